The first-order valence-electron chi connectivity index (χ1n) is 5.91. The summed E-state index contributed by atoms with van der Waals surface area (Å²) in [7, 11) is 0. The Balaban J connectivity index is 1.86. The lowest BCUT2D eigenvalue weighted by Crippen LogP contribution is -2.58. The molecule has 84 valence electrons. The first-order valence-corrected chi connectivity index (χ1v) is 5.91. The fraction of sp³-hybridized carbons (Fsp3) is 0.909. The van der Waals surface area contributed by atoms with Crippen LogP contribution >= 0.6 is 0 Å². The van der Waals surface area contributed by atoms with Crippen molar-refractivity contribution in [3.8, 4) is 0 Å². The van der Waals surface area contributed by atoms with Gasteiger partial charge in [0.2, 0.25) is 0 Å². The van der Waals surface area contributed by atoms with Crippen molar-refractivity contribution in [1.82, 2.24) is 10.2 Å². The monoisotopic (exact) mass is 210 g/mol. The van der Waals surface area contributed by atoms with Gasteiger partial charge in [0.25, 0.3) is 0 Å². The smallest absolute Gasteiger partial charge is 0.407 e. The largest absolute Gasteiger partial charge is 0.444 e. The first kappa shape index (κ1) is 9.46. The molecule has 2 bridgehead atoms. The van der Waals surface area contributed by atoms with Gasteiger partial charge in [0.1, 0.15) is 6.10 Å². The lowest BCUT2D eigenvalue weighted by atomic mass is 9.94. The van der Waals surface area contributed by atoms with Crippen LogP contribution in [0.4, 0.5) is 4.79 Å². The molecule has 3 saturated heterocycles. The normalized spacial score (nSPS) is 44.1. The van der Waals surface area contributed by atoms with Crippen molar-refractivity contribution >= 4 is 6.09 Å². The molecular formula is C11H18N2O2. The quantitative estimate of drug-likeness (QED) is 0.705. The van der Waals surface area contributed by atoms with E-state index in [0.29, 0.717) is 18.1 Å². The van der Waals surface area contributed by atoms with Crippen LogP contribution in [-0.4, -0.2) is 41.3 Å². The van der Waals surface area contributed by atoms with Gasteiger partial charge in [0.15, 0.2) is 0 Å². The van der Waals surface area contributed by atoms with Crippen molar-refractivity contribution in [2.24, 2.45) is 0 Å². The molecule has 0 spiro atoms. The van der Waals surface area contributed by atoms with Gasteiger partial charge < -0.3 is 10.1 Å². The second kappa shape index (κ2) is 3.11. The van der Waals surface area contributed by atoms with Gasteiger partial charge in [-0.25, -0.2) is 4.79 Å². The van der Waals surface area contributed by atoms with Gasteiger partial charge in [-0.3, -0.25) is 4.90 Å². The highest BCUT2D eigenvalue weighted by molar-refractivity contribution is 5.70. The van der Waals surface area contributed by atoms with E-state index in [4.69, 9.17) is 4.74 Å². The summed E-state index contributed by atoms with van der Waals surface area (Å²) in [5.74, 6) is 0. The predicted molar refractivity (Wildman–Crippen MR) is 55.6 cm³/mol. The van der Waals surface area contributed by atoms with Crippen LogP contribution in [0.1, 0.15) is 33.1 Å². The predicted octanol–water partition coefficient (Wildman–Crippen LogP) is 1.11. The highest BCUT2D eigenvalue weighted by atomic mass is 16.6. The van der Waals surface area contributed by atoms with E-state index in [-0.39, 0.29) is 18.2 Å². The van der Waals surface area contributed by atoms with Crippen LogP contribution in [0.25, 0.3) is 0 Å². The molecule has 3 heterocycles. The van der Waals surface area contributed by atoms with Gasteiger partial charge in [-0.2, -0.15) is 0 Å². The van der Waals surface area contributed by atoms with Crippen molar-refractivity contribution in [2.75, 3.05) is 0 Å². The molecule has 0 aliphatic carbocycles. The summed E-state index contributed by atoms with van der Waals surface area (Å²) in [5, 5.41) is 2.97. The molecule has 0 saturated carbocycles. The lowest BCUT2D eigenvalue weighted by Gasteiger charge is -2.42. The number of carbonyl (C=O) groups excluding carboxylic acids is 1. The molecule has 0 aromatic rings. The summed E-state index contributed by atoms with van der Waals surface area (Å²) in [6, 6.07) is 1.93. The van der Waals surface area contributed by atoms with E-state index in [0.717, 1.165) is 6.42 Å². The van der Waals surface area contributed by atoms with Gasteiger partial charge in [0.05, 0.1) is 6.04 Å². The molecule has 0 unspecified atom stereocenters. The fourth-order valence-corrected chi connectivity index (χ4v) is 3.62. The molecule has 3 aliphatic heterocycles. The molecule has 0 aromatic heterocycles. The van der Waals surface area contributed by atoms with E-state index in [1.807, 2.05) is 0 Å². The van der Waals surface area contributed by atoms with E-state index < -0.39 is 0 Å². The topological polar surface area (TPSA) is 41.6 Å². The van der Waals surface area contributed by atoms with Crippen LogP contribution in [0.5, 0.6) is 0 Å². The molecular weight excluding hydrogens is 192 g/mol. The average molecular weight is 210 g/mol. The van der Waals surface area contributed by atoms with Crippen LogP contribution in [0, 0.1) is 0 Å². The Morgan fingerprint density at radius 2 is 2.27 bits per heavy atom. The van der Waals surface area contributed by atoms with Crippen LogP contribution in [0.3, 0.4) is 0 Å². The Hall–Kier alpha value is -0.770. The van der Waals surface area contributed by atoms with Crippen LogP contribution in [-0.2, 0) is 4.74 Å². The second-order valence-corrected chi connectivity index (χ2v) is 5.19. The number of carbonyl (C=O) groups is 1. The number of rotatable bonds is 1. The molecule has 3 fully saturated rings. The van der Waals surface area contributed by atoms with Gasteiger partial charge in [0, 0.05) is 24.5 Å². The minimum atomic E-state index is -0.221. The van der Waals surface area contributed by atoms with Crippen molar-refractivity contribution in [3.05, 3.63) is 0 Å². The zero-order chi connectivity index (χ0) is 10.6. The summed E-state index contributed by atoms with van der Waals surface area (Å²) < 4.78 is 5.30. The third-order valence-corrected chi connectivity index (χ3v) is 4.06. The standard InChI is InChI=1S/C11H18N2O2/c1-6(2)13-7-3-4-8(13)10-9(5-7)15-11(14)12-10/h6-10H,3-5H2,1-2H3,(H,12,14)/t7-,8+,9+,10-/m0/s1. The molecule has 3 rings (SSSR count). The van der Waals surface area contributed by atoms with Crippen molar-refractivity contribution in [1.29, 1.82) is 0 Å². The maximum absolute atomic E-state index is 11.2. The third kappa shape index (κ3) is 1.27. The molecule has 0 radical (unpaired) electrons. The maximum atomic E-state index is 11.2. The molecule has 0 aromatic carbocycles. The number of hydrogen-bond acceptors (Lipinski definition) is 3. The Morgan fingerprint density at radius 1 is 1.47 bits per heavy atom. The Labute approximate surface area is 90.0 Å². The van der Waals surface area contributed by atoms with Crippen LogP contribution < -0.4 is 5.32 Å². The Kier molecular flexibility index (Phi) is 1.96. The van der Waals surface area contributed by atoms with Crippen LogP contribution in [0.2, 0.25) is 0 Å². The number of fused-ring (bicyclic) bond motifs is 4. The third-order valence-electron chi connectivity index (χ3n) is 4.06. The van der Waals surface area contributed by atoms with Gasteiger partial charge in [-0.05, 0) is 26.7 Å². The van der Waals surface area contributed by atoms with E-state index >= 15 is 0 Å². The summed E-state index contributed by atoms with van der Waals surface area (Å²) in [6.45, 7) is 4.48. The molecule has 4 nitrogen and oxygen atoms in total. The summed E-state index contributed by atoms with van der Waals surface area (Å²) in [4.78, 5) is 13.8. The molecule has 1 amide bonds. The molecule has 3 aliphatic rings. The summed E-state index contributed by atoms with van der Waals surface area (Å²) in [6.07, 6.45) is 3.38. The van der Waals surface area contributed by atoms with Crippen molar-refractivity contribution in [2.45, 2.75) is 63.4 Å². The Morgan fingerprint density at radius 3 is 3.00 bits per heavy atom. The van der Waals surface area contributed by atoms with Crippen LogP contribution in [0.15, 0.2) is 0 Å². The van der Waals surface area contributed by atoms with E-state index in [9.17, 15) is 4.79 Å². The van der Waals surface area contributed by atoms with Crippen molar-refractivity contribution < 1.29 is 9.53 Å². The maximum Gasteiger partial charge on any atom is 0.407 e. The number of piperidine rings is 1. The van der Waals surface area contributed by atoms with Gasteiger partial charge >= 0.3 is 6.09 Å². The highest BCUT2D eigenvalue weighted by Crippen LogP contribution is 2.40. The molecule has 15 heavy (non-hydrogen) atoms. The second-order valence-electron chi connectivity index (χ2n) is 5.19. The summed E-state index contributed by atoms with van der Waals surface area (Å²) in [5.41, 5.74) is 0. The molecule has 4 atom stereocenters. The Bertz CT molecular complexity index is 292. The van der Waals surface area contributed by atoms with Crippen molar-refractivity contribution in [3.63, 3.8) is 0 Å². The average Bonchev–Trinajstić information content (AvgIpc) is 2.68. The number of ether oxygens (including phenoxy) is 1. The number of hydrogen-bond donors (Lipinski definition) is 1. The fourth-order valence-electron chi connectivity index (χ4n) is 3.62. The number of alkyl carbamates (subject to hydrolysis) is 1. The minimum absolute atomic E-state index is 0.130. The number of amides is 1. The number of nitrogens with zero attached hydrogens (tertiary/aromatic N) is 1. The zero-order valence-electron chi connectivity index (χ0n) is 9.27. The first-order chi connectivity index (χ1) is 7.16. The van der Waals surface area contributed by atoms with E-state index in [1.165, 1.54) is 12.8 Å². The van der Waals surface area contributed by atoms with Gasteiger partial charge in [-0.1, -0.05) is 0 Å². The molecule has 1 N–H and O–H groups in total. The molecule has 4 heteroatoms. The highest BCUT2D eigenvalue weighted by Gasteiger charge is 2.52. The van der Waals surface area contributed by atoms with Gasteiger partial charge in [-0.15, -0.1) is 0 Å². The summed E-state index contributed by atoms with van der Waals surface area (Å²) >= 11 is 0. The zero-order valence-corrected chi connectivity index (χ0v) is 9.27. The van der Waals surface area contributed by atoms with E-state index in [1.54, 1.807) is 0 Å². The minimum Gasteiger partial charge on any atom is -0.444 e. The lowest BCUT2D eigenvalue weighted by molar-refractivity contribution is 0.0207. The van der Waals surface area contributed by atoms with E-state index in [2.05, 4.69) is 24.1 Å². The SMILES string of the molecule is CC(C)N1[C@H]2CC[C@@H]1[C@@H]1NC(=O)O[C@@H]1C2. The number of nitrogens with one attached hydrogen (secondary N) is 1.